The molecule has 0 radical (unpaired) electrons. The van der Waals surface area contributed by atoms with Gasteiger partial charge < -0.3 is 19.3 Å². The van der Waals surface area contributed by atoms with Crippen LogP contribution in [0.15, 0.2) is 54.6 Å². The predicted molar refractivity (Wildman–Crippen MR) is 131 cm³/mol. The maximum atomic E-state index is 14.5. The summed E-state index contributed by atoms with van der Waals surface area (Å²) in [4.78, 5) is 11.7. The first kappa shape index (κ1) is 23.5. The van der Waals surface area contributed by atoms with Crippen molar-refractivity contribution in [3.63, 3.8) is 0 Å². The summed E-state index contributed by atoms with van der Waals surface area (Å²) in [5, 5.41) is 9.99. The normalized spacial score (nSPS) is 18.6. The Morgan fingerprint density at radius 2 is 1.89 bits per heavy atom. The van der Waals surface area contributed by atoms with Gasteiger partial charge in [-0.05, 0) is 72.2 Å². The van der Waals surface area contributed by atoms with Gasteiger partial charge in [-0.1, -0.05) is 36.7 Å². The van der Waals surface area contributed by atoms with E-state index in [1.807, 2.05) is 24.3 Å². The van der Waals surface area contributed by atoms with Crippen LogP contribution in [0.4, 0.5) is 4.39 Å². The number of carboxylic acid groups (broad SMARTS) is 1. The number of carbonyl (C=O) groups is 1. The molecule has 35 heavy (non-hydrogen) atoms. The fraction of sp³-hybridized carbons (Fsp3) is 0.321. The molecule has 3 atom stereocenters. The van der Waals surface area contributed by atoms with Crippen molar-refractivity contribution in [2.45, 2.75) is 31.8 Å². The highest BCUT2D eigenvalue weighted by Gasteiger charge is 2.39. The number of methoxy groups -OCH3 is 1. The minimum atomic E-state index is -0.795. The van der Waals surface area contributed by atoms with E-state index in [4.69, 9.17) is 25.8 Å². The van der Waals surface area contributed by atoms with Gasteiger partial charge >= 0.3 is 5.97 Å². The molecule has 1 saturated carbocycles. The fourth-order valence-electron chi connectivity index (χ4n) is 4.83. The number of aliphatic carboxylic acids is 1. The third-order valence-electron chi connectivity index (χ3n) is 6.90. The number of carboxylic acids is 1. The van der Waals surface area contributed by atoms with Gasteiger partial charge in [0, 0.05) is 16.1 Å². The molecule has 0 unspecified atom stereocenters. The zero-order valence-corrected chi connectivity index (χ0v) is 20.2. The highest BCUT2D eigenvalue weighted by Crippen LogP contribution is 2.49. The van der Waals surface area contributed by atoms with Crippen LogP contribution in [0.3, 0.4) is 0 Å². The Bertz CT molecular complexity index is 1270. The first-order chi connectivity index (χ1) is 16.9. The van der Waals surface area contributed by atoms with Crippen LogP contribution in [-0.2, 0) is 4.79 Å². The third-order valence-corrected chi connectivity index (χ3v) is 7.21. The third kappa shape index (κ3) is 4.67. The molecule has 0 spiro atoms. The van der Waals surface area contributed by atoms with Crippen LogP contribution >= 0.6 is 11.6 Å². The second kappa shape index (κ2) is 9.42. The van der Waals surface area contributed by atoms with Crippen molar-refractivity contribution in [3.05, 3.63) is 76.6 Å². The summed E-state index contributed by atoms with van der Waals surface area (Å²) in [5.74, 6) is 0.404. The standard InChI is InChI=1S/C28H26ClFO5/c1-15(28(31)32)27(16-3-4-16)18-6-10-24-25(12-18)35-26(14-34-24)17-5-8-20(22(29)11-17)21-13-19(33-2)7-9-23(21)30/h5-13,15-16,26-27H,3-4,14H2,1-2H3,(H,31,32)/t15-,26-,27-/m0/s1. The zero-order valence-electron chi connectivity index (χ0n) is 19.5. The van der Waals surface area contributed by atoms with Crippen molar-refractivity contribution in [1.29, 1.82) is 0 Å². The van der Waals surface area contributed by atoms with Crippen LogP contribution in [0.1, 0.15) is 42.9 Å². The van der Waals surface area contributed by atoms with Gasteiger partial charge in [-0.3, -0.25) is 4.79 Å². The highest BCUT2D eigenvalue weighted by atomic mass is 35.5. The zero-order chi connectivity index (χ0) is 24.7. The van der Waals surface area contributed by atoms with E-state index in [0.717, 1.165) is 24.0 Å². The van der Waals surface area contributed by atoms with E-state index in [2.05, 4.69) is 0 Å². The van der Waals surface area contributed by atoms with Crippen LogP contribution in [0.2, 0.25) is 5.02 Å². The van der Waals surface area contributed by atoms with Crippen LogP contribution < -0.4 is 14.2 Å². The van der Waals surface area contributed by atoms with E-state index >= 15 is 0 Å². The molecule has 1 aliphatic heterocycles. The predicted octanol–water partition coefficient (Wildman–Crippen LogP) is 6.88. The summed E-state index contributed by atoms with van der Waals surface area (Å²) in [6.45, 7) is 2.06. The van der Waals surface area contributed by atoms with Gasteiger partial charge in [0.2, 0.25) is 0 Å². The molecular formula is C28H26ClFO5. The Morgan fingerprint density at radius 1 is 1.09 bits per heavy atom. The SMILES string of the molecule is COc1ccc(F)c(-c2ccc([C@@H]3COc4ccc([C@H](C5CC5)[C@H](C)C(=O)O)cc4O3)cc2Cl)c1. The molecular weight excluding hydrogens is 471 g/mol. The van der Waals surface area contributed by atoms with Crippen LogP contribution in [0.5, 0.6) is 17.2 Å². The van der Waals surface area contributed by atoms with Crippen molar-refractivity contribution in [2.24, 2.45) is 11.8 Å². The molecule has 3 aromatic rings. The number of benzene rings is 3. The van der Waals surface area contributed by atoms with Gasteiger partial charge in [0.05, 0.1) is 13.0 Å². The van der Waals surface area contributed by atoms with Gasteiger partial charge in [-0.25, -0.2) is 4.39 Å². The number of rotatable bonds is 7. The quantitative estimate of drug-likeness (QED) is 0.386. The van der Waals surface area contributed by atoms with E-state index in [1.54, 1.807) is 31.2 Å². The summed E-state index contributed by atoms with van der Waals surface area (Å²) in [6.07, 6.45) is 1.67. The van der Waals surface area contributed by atoms with E-state index in [1.165, 1.54) is 13.2 Å². The molecule has 3 aromatic carbocycles. The van der Waals surface area contributed by atoms with Gasteiger partial charge in [0.25, 0.3) is 0 Å². The van der Waals surface area contributed by atoms with E-state index in [9.17, 15) is 14.3 Å². The van der Waals surface area contributed by atoms with Crippen molar-refractivity contribution in [2.75, 3.05) is 13.7 Å². The minimum absolute atomic E-state index is 0.0618. The molecule has 1 N–H and O–H groups in total. The molecule has 0 saturated heterocycles. The highest BCUT2D eigenvalue weighted by molar-refractivity contribution is 6.33. The number of fused-ring (bicyclic) bond motifs is 1. The van der Waals surface area contributed by atoms with E-state index in [0.29, 0.717) is 45.9 Å². The van der Waals surface area contributed by atoms with Crippen molar-refractivity contribution >= 4 is 17.6 Å². The number of ether oxygens (including phenoxy) is 3. The van der Waals surface area contributed by atoms with E-state index < -0.39 is 18.0 Å². The molecule has 0 bridgehead atoms. The lowest BCUT2D eigenvalue weighted by atomic mass is 9.83. The summed E-state index contributed by atoms with van der Waals surface area (Å²) in [5.41, 5.74) is 2.67. The lowest BCUT2D eigenvalue weighted by molar-refractivity contribution is -0.142. The van der Waals surface area contributed by atoms with Crippen molar-refractivity contribution in [1.82, 2.24) is 0 Å². The molecule has 182 valence electrons. The van der Waals surface area contributed by atoms with Gasteiger partial charge in [0.1, 0.15) is 18.2 Å². The Kier molecular flexibility index (Phi) is 6.32. The smallest absolute Gasteiger partial charge is 0.306 e. The molecule has 5 rings (SSSR count). The van der Waals surface area contributed by atoms with E-state index in [-0.39, 0.29) is 11.7 Å². The summed E-state index contributed by atoms with van der Waals surface area (Å²) in [7, 11) is 1.53. The maximum Gasteiger partial charge on any atom is 0.306 e. The largest absolute Gasteiger partial charge is 0.497 e. The van der Waals surface area contributed by atoms with Crippen molar-refractivity contribution < 1.29 is 28.5 Å². The molecule has 0 amide bonds. The molecule has 1 heterocycles. The van der Waals surface area contributed by atoms with Gasteiger partial charge in [0.15, 0.2) is 17.6 Å². The summed E-state index contributed by atoms with van der Waals surface area (Å²) >= 11 is 6.56. The monoisotopic (exact) mass is 496 g/mol. The topological polar surface area (TPSA) is 65.0 Å². The molecule has 5 nitrogen and oxygen atoms in total. The number of hydrogen-bond donors (Lipinski definition) is 1. The number of halogens is 2. The second-order valence-corrected chi connectivity index (χ2v) is 9.61. The Labute approximate surface area is 208 Å². The fourth-order valence-corrected chi connectivity index (χ4v) is 5.12. The second-order valence-electron chi connectivity index (χ2n) is 9.20. The van der Waals surface area contributed by atoms with Crippen LogP contribution in [0.25, 0.3) is 11.1 Å². The Balaban J connectivity index is 1.41. The molecule has 2 aliphatic rings. The summed E-state index contributed by atoms with van der Waals surface area (Å²) < 4.78 is 31.9. The summed E-state index contributed by atoms with van der Waals surface area (Å²) in [6, 6.07) is 15.6. The minimum Gasteiger partial charge on any atom is -0.497 e. The average Bonchev–Trinajstić information content (AvgIpc) is 3.69. The van der Waals surface area contributed by atoms with Crippen LogP contribution in [0, 0.1) is 17.7 Å². The molecule has 0 aromatic heterocycles. The average molecular weight is 497 g/mol. The van der Waals surface area contributed by atoms with Gasteiger partial charge in [-0.15, -0.1) is 0 Å². The van der Waals surface area contributed by atoms with Crippen LogP contribution in [-0.4, -0.2) is 24.8 Å². The first-order valence-electron chi connectivity index (χ1n) is 11.6. The van der Waals surface area contributed by atoms with Crippen molar-refractivity contribution in [3.8, 4) is 28.4 Å². The molecule has 1 fully saturated rings. The molecule has 7 heteroatoms. The lowest BCUT2D eigenvalue weighted by Gasteiger charge is -2.29. The Morgan fingerprint density at radius 3 is 2.57 bits per heavy atom. The Hall–Kier alpha value is -3.25. The maximum absolute atomic E-state index is 14.5. The number of hydrogen-bond acceptors (Lipinski definition) is 4. The lowest BCUT2D eigenvalue weighted by Crippen LogP contribution is -2.23. The first-order valence-corrected chi connectivity index (χ1v) is 12.0. The van der Waals surface area contributed by atoms with Gasteiger partial charge in [-0.2, -0.15) is 0 Å². The molecule has 1 aliphatic carbocycles.